The first-order chi connectivity index (χ1) is 11.6. The maximum Gasteiger partial charge on any atom is 0.255 e. The summed E-state index contributed by atoms with van der Waals surface area (Å²) in [6.45, 7) is 1.14. The molecule has 0 unspecified atom stereocenters. The third-order valence-corrected chi connectivity index (χ3v) is 4.49. The van der Waals surface area contributed by atoms with Crippen LogP contribution in [0.15, 0.2) is 47.5 Å². The van der Waals surface area contributed by atoms with Crippen LogP contribution in [0, 0.1) is 5.92 Å². The molecule has 0 atom stereocenters. The van der Waals surface area contributed by atoms with Gasteiger partial charge in [-0.2, -0.15) is 0 Å². The minimum absolute atomic E-state index is 0.00239. The van der Waals surface area contributed by atoms with Crippen molar-refractivity contribution in [3.8, 4) is 0 Å². The van der Waals surface area contributed by atoms with Crippen molar-refractivity contribution in [1.29, 1.82) is 0 Å². The van der Waals surface area contributed by atoms with Gasteiger partial charge in [-0.3, -0.25) is 19.6 Å². The fourth-order valence-electron chi connectivity index (χ4n) is 2.74. The molecule has 1 saturated heterocycles. The number of carbonyl (C=O) groups is 2. The Morgan fingerprint density at radius 2 is 1.83 bits per heavy atom. The average molecular weight is 389 g/mol. The number of nitrogens with zero attached hydrogens (tertiary/aromatic N) is 3. The molecule has 24 heavy (non-hydrogen) atoms. The molecule has 6 nitrogen and oxygen atoms in total. The van der Waals surface area contributed by atoms with Gasteiger partial charge in [0, 0.05) is 54.0 Å². The normalized spacial score (nSPS) is 15.1. The number of hydrogen-bond acceptors (Lipinski definition) is 4. The Bertz CT molecular complexity index is 730. The second-order valence-corrected chi connectivity index (χ2v) is 6.60. The Kier molecular flexibility index (Phi) is 5.20. The Balaban J connectivity index is 1.55. The lowest BCUT2D eigenvalue weighted by Crippen LogP contribution is -2.41. The number of nitrogens with one attached hydrogen (secondary N) is 1. The first kappa shape index (κ1) is 16.6. The average Bonchev–Trinajstić information content (AvgIpc) is 2.62. The minimum Gasteiger partial charge on any atom is -0.339 e. The van der Waals surface area contributed by atoms with Crippen molar-refractivity contribution in [1.82, 2.24) is 14.9 Å². The van der Waals surface area contributed by atoms with Crippen molar-refractivity contribution in [2.24, 2.45) is 5.92 Å². The number of anilines is 1. The van der Waals surface area contributed by atoms with Gasteiger partial charge in [0.25, 0.3) is 5.91 Å². The number of likely N-dealkylation sites (tertiary alicyclic amines) is 1. The predicted molar refractivity (Wildman–Crippen MR) is 93.4 cm³/mol. The molecular formula is C17H17BrN4O2. The fraction of sp³-hybridized carbons (Fsp3) is 0.294. The van der Waals surface area contributed by atoms with E-state index in [1.54, 1.807) is 47.9 Å². The number of piperidine rings is 1. The van der Waals surface area contributed by atoms with E-state index in [9.17, 15) is 9.59 Å². The number of rotatable bonds is 3. The number of pyridine rings is 2. The molecule has 3 rings (SSSR count). The topological polar surface area (TPSA) is 75.2 Å². The van der Waals surface area contributed by atoms with Crippen LogP contribution in [0.5, 0.6) is 0 Å². The van der Waals surface area contributed by atoms with Crippen molar-refractivity contribution in [3.05, 3.63) is 53.0 Å². The zero-order valence-corrected chi connectivity index (χ0v) is 14.6. The van der Waals surface area contributed by atoms with Gasteiger partial charge in [-0.1, -0.05) is 0 Å². The van der Waals surface area contributed by atoms with E-state index in [2.05, 4.69) is 31.2 Å². The largest absolute Gasteiger partial charge is 0.339 e. The Hall–Kier alpha value is -2.28. The summed E-state index contributed by atoms with van der Waals surface area (Å²) in [5.41, 5.74) is 1.30. The van der Waals surface area contributed by atoms with Crippen LogP contribution in [-0.4, -0.2) is 39.8 Å². The molecule has 0 saturated carbocycles. The highest BCUT2D eigenvalue weighted by molar-refractivity contribution is 9.10. The van der Waals surface area contributed by atoms with E-state index in [4.69, 9.17) is 0 Å². The monoisotopic (exact) mass is 388 g/mol. The first-order valence-corrected chi connectivity index (χ1v) is 8.53. The van der Waals surface area contributed by atoms with Crippen LogP contribution >= 0.6 is 15.9 Å². The maximum atomic E-state index is 12.5. The molecule has 0 aromatic carbocycles. The molecule has 7 heteroatoms. The van der Waals surface area contributed by atoms with Crippen LogP contribution in [0.25, 0.3) is 0 Å². The molecule has 1 N–H and O–H groups in total. The number of hydrogen-bond donors (Lipinski definition) is 1. The van der Waals surface area contributed by atoms with Crippen LogP contribution in [-0.2, 0) is 4.79 Å². The van der Waals surface area contributed by atoms with Gasteiger partial charge in [0.2, 0.25) is 5.91 Å². The van der Waals surface area contributed by atoms with Crippen LogP contribution in [0.3, 0.4) is 0 Å². The van der Waals surface area contributed by atoms with E-state index in [0.717, 1.165) is 10.2 Å². The van der Waals surface area contributed by atoms with Gasteiger partial charge in [-0.25, -0.2) is 0 Å². The SMILES string of the molecule is O=C(Nc1ccncc1)C1CCN(C(=O)c2cncc(Br)c2)CC1. The Morgan fingerprint density at radius 1 is 1.12 bits per heavy atom. The Morgan fingerprint density at radius 3 is 2.50 bits per heavy atom. The van der Waals surface area contributed by atoms with Gasteiger partial charge in [0.05, 0.1) is 5.56 Å². The van der Waals surface area contributed by atoms with Gasteiger partial charge >= 0.3 is 0 Å². The molecule has 0 bridgehead atoms. The molecule has 1 aliphatic rings. The van der Waals surface area contributed by atoms with Gasteiger partial charge in [-0.15, -0.1) is 0 Å². The summed E-state index contributed by atoms with van der Waals surface area (Å²) in [4.78, 5) is 34.5. The van der Waals surface area contributed by atoms with Gasteiger partial charge in [0.1, 0.15) is 0 Å². The quantitative estimate of drug-likeness (QED) is 0.876. The van der Waals surface area contributed by atoms with Crippen LogP contribution in [0.2, 0.25) is 0 Å². The maximum absolute atomic E-state index is 12.5. The van der Waals surface area contributed by atoms with Gasteiger partial charge in [0.15, 0.2) is 0 Å². The molecular weight excluding hydrogens is 372 g/mol. The summed E-state index contributed by atoms with van der Waals surface area (Å²) < 4.78 is 0.778. The molecule has 1 aliphatic heterocycles. The van der Waals surface area contributed by atoms with Crippen molar-refractivity contribution >= 4 is 33.4 Å². The number of amides is 2. The summed E-state index contributed by atoms with van der Waals surface area (Å²) in [5, 5.41) is 2.90. The third-order valence-electron chi connectivity index (χ3n) is 4.05. The lowest BCUT2D eigenvalue weighted by Gasteiger charge is -2.31. The van der Waals surface area contributed by atoms with Gasteiger partial charge in [-0.05, 0) is 47.0 Å². The third kappa shape index (κ3) is 3.97. The molecule has 0 spiro atoms. The van der Waals surface area contributed by atoms with Crippen LogP contribution in [0.4, 0.5) is 5.69 Å². The van der Waals surface area contributed by atoms with E-state index < -0.39 is 0 Å². The highest BCUT2D eigenvalue weighted by atomic mass is 79.9. The molecule has 1 fully saturated rings. The molecule has 2 aromatic rings. The number of halogens is 1. The number of carbonyl (C=O) groups excluding carboxylic acids is 2. The molecule has 0 aliphatic carbocycles. The summed E-state index contributed by atoms with van der Waals surface area (Å²) in [6.07, 6.45) is 7.81. The first-order valence-electron chi connectivity index (χ1n) is 7.74. The fourth-order valence-corrected chi connectivity index (χ4v) is 3.10. The second kappa shape index (κ2) is 7.53. The molecule has 2 aromatic heterocycles. The highest BCUT2D eigenvalue weighted by Gasteiger charge is 2.28. The lowest BCUT2D eigenvalue weighted by molar-refractivity contribution is -0.121. The highest BCUT2D eigenvalue weighted by Crippen LogP contribution is 2.21. The predicted octanol–water partition coefficient (Wildman–Crippen LogP) is 2.73. The van der Waals surface area contributed by atoms with Crippen molar-refractivity contribution < 1.29 is 9.59 Å². The summed E-state index contributed by atoms with van der Waals surface area (Å²) in [6, 6.07) is 5.28. The van der Waals surface area contributed by atoms with E-state index in [-0.39, 0.29) is 17.7 Å². The van der Waals surface area contributed by atoms with Crippen LogP contribution in [0.1, 0.15) is 23.2 Å². The zero-order chi connectivity index (χ0) is 16.9. The van der Waals surface area contributed by atoms with Crippen molar-refractivity contribution in [3.63, 3.8) is 0 Å². The van der Waals surface area contributed by atoms with Gasteiger partial charge < -0.3 is 10.2 Å². The minimum atomic E-state index is -0.0807. The summed E-state index contributed by atoms with van der Waals surface area (Å²) in [7, 11) is 0. The molecule has 0 radical (unpaired) electrons. The Labute approximate surface area is 148 Å². The van der Waals surface area contributed by atoms with E-state index in [0.29, 0.717) is 31.5 Å². The summed E-state index contributed by atoms with van der Waals surface area (Å²) >= 11 is 3.32. The van der Waals surface area contributed by atoms with Crippen LogP contribution < -0.4 is 5.32 Å². The van der Waals surface area contributed by atoms with E-state index in [1.165, 1.54) is 0 Å². The van der Waals surface area contributed by atoms with E-state index >= 15 is 0 Å². The standard InChI is InChI=1S/C17H17BrN4O2/c18-14-9-13(10-20-11-14)17(24)22-7-3-12(4-8-22)16(23)21-15-1-5-19-6-2-15/h1-2,5-6,9-12H,3-4,7-8H2,(H,19,21,23). The zero-order valence-electron chi connectivity index (χ0n) is 13.0. The molecule has 124 valence electrons. The summed E-state index contributed by atoms with van der Waals surface area (Å²) in [5.74, 6) is -0.128. The molecule has 2 amide bonds. The molecule has 3 heterocycles. The lowest BCUT2D eigenvalue weighted by atomic mass is 9.95. The van der Waals surface area contributed by atoms with Crippen molar-refractivity contribution in [2.75, 3.05) is 18.4 Å². The number of aromatic nitrogens is 2. The second-order valence-electron chi connectivity index (χ2n) is 5.68. The van der Waals surface area contributed by atoms with Crippen molar-refractivity contribution in [2.45, 2.75) is 12.8 Å². The smallest absolute Gasteiger partial charge is 0.255 e. The van der Waals surface area contributed by atoms with E-state index in [1.807, 2.05) is 0 Å².